The largest absolute Gasteiger partial charge is 0.456 e. The standard InChI is InChI=1S/C27H22N2O4S/c1-19-9-5-7-13-24(19)29(34(31,32)21-10-3-2-4-11-21)18-27(30)28-20-15-16-23-22-12-6-8-14-25(22)33-26(23)17-20/h2-17H,18H2,1H3,(H,28,30). The molecule has 0 bridgehead atoms. The fourth-order valence-electron chi connectivity index (χ4n) is 4.00. The Morgan fingerprint density at radius 2 is 1.50 bits per heavy atom. The molecule has 0 spiro atoms. The topological polar surface area (TPSA) is 79.6 Å². The number of aryl methyl sites for hydroxylation is 1. The Kier molecular flexibility index (Phi) is 5.55. The first-order valence-corrected chi connectivity index (χ1v) is 12.2. The molecular weight excluding hydrogens is 448 g/mol. The minimum atomic E-state index is -3.96. The van der Waals surface area contributed by atoms with Crippen LogP contribution in [0.5, 0.6) is 0 Å². The number of nitrogens with zero attached hydrogens (tertiary/aromatic N) is 1. The number of sulfonamides is 1. The first-order valence-electron chi connectivity index (χ1n) is 10.8. The normalized spacial score (nSPS) is 11.6. The van der Waals surface area contributed by atoms with Crippen LogP contribution in [0.1, 0.15) is 5.56 Å². The van der Waals surface area contributed by atoms with Gasteiger partial charge in [-0.2, -0.15) is 0 Å². The summed E-state index contributed by atoms with van der Waals surface area (Å²) < 4.78 is 34.0. The van der Waals surface area contributed by atoms with Crippen molar-refractivity contribution < 1.29 is 17.6 Å². The van der Waals surface area contributed by atoms with Gasteiger partial charge in [0, 0.05) is 22.5 Å². The average Bonchev–Trinajstić information content (AvgIpc) is 3.21. The second-order valence-electron chi connectivity index (χ2n) is 7.97. The minimum absolute atomic E-state index is 0.120. The van der Waals surface area contributed by atoms with Gasteiger partial charge in [0.05, 0.1) is 10.6 Å². The van der Waals surface area contributed by atoms with Gasteiger partial charge in [0.15, 0.2) is 0 Å². The van der Waals surface area contributed by atoms with Crippen molar-refractivity contribution in [3.63, 3.8) is 0 Å². The molecule has 7 heteroatoms. The zero-order valence-electron chi connectivity index (χ0n) is 18.4. The molecule has 0 unspecified atom stereocenters. The zero-order valence-corrected chi connectivity index (χ0v) is 19.2. The molecule has 5 rings (SSSR count). The van der Waals surface area contributed by atoms with Crippen LogP contribution in [-0.4, -0.2) is 20.9 Å². The molecule has 1 amide bonds. The van der Waals surface area contributed by atoms with E-state index in [1.165, 1.54) is 12.1 Å². The first-order chi connectivity index (χ1) is 16.4. The summed E-state index contributed by atoms with van der Waals surface area (Å²) in [6.07, 6.45) is 0. The third-order valence-corrected chi connectivity index (χ3v) is 7.44. The molecule has 1 aromatic heterocycles. The van der Waals surface area contributed by atoms with Crippen LogP contribution in [0.2, 0.25) is 0 Å². The van der Waals surface area contributed by atoms with Crippen molar-refractivity contribution in [1.82, 2.24) is 0 Å². The molecular formula is C27H22N2O4S. The Hall–Kier alpha value is -4.10. The highest BCUT2D eigenvalue weighted by atomic mass is 32.2. The maximum absolute atomic E-state index is 13.5. The molecule has 0 atom stereocenters. The maximum atomic E-state index is 13.5. The van der Waals surface area contributed by atoms with Crippen LogP contribution >= 0.6 is 0 Å². The van der Waals surface area contributed by atoms with E-state index < -0.39 is 15.9 Å². The quantitative estimate of drug-likeness (QED) is 0.344. The van der Waals surface area contributed by atoms with Gasteiger partial charge in [-0.15, -0.1) is 0 Å². The Bertz CT molecular complexity index is 1610. The molecule has 4 aromatic carbocycles. The number of amides is 1. The van der Waals surface area contributed by atoms with E-state index in [1.54, 1.807) is 42.5 Å². The third kappa shape index (κ3) is 4.02. The second-order valence-corrected chi connectivity index (χ2v) is 9.83. The van der Waals surface area contributed by atoms with Crippen LogP contribution in [0.15, 0.2) is 106 Å². The number of carbonyl (C=O) groups is 1. The zero-order chi connectivity index (χ0) is 23.7. The van der Waals surface area contributed by atoms with Gasteiger partial charge in [-0.1, -0.05) is 54.6 Å². The van der Waals surface area contributed by atoms with Crippen molar-refractivity contribution in [1.29, 1.82) is 0 Å². The molecule has 0 radical (unpaired) electrons. The lowest BCUT2D eigenvalue weighted by Crippen LogP contribution is -2.38. The van der Waals surface area contributed by atoms with Gasteiger partial charge >= 0.3 is 0 Å². The maximum Gasteiger partial charge on any atom is 0.264 e. The summed E-state index contributed by atoms with van der Waals surface area (Å²) in [4.78, 5) is 13.2. The van der Waals surface area contributed by atoms with E-state index in [9.17, 15) is 13.2 Å². The van der Waals surface area contributed by atoms with Gasteiger partial charge in [-0.05, 0) is 48.9 Å². The van der Waals surface area contributed by atoms with Crippen molar-refractivity contribution in [2.45, 2.75) is 11.8 Å². The monoisotopic (exact) mass is 470 g/mol. The van der Waals surface area contributed by atoms with E-state index >= 15 is 0 Å². The predicted octanol–water partition coefficient (Wildman–Crippen LogP) is 5.73. The van der Waals surface area contributed by atoms with Gasteiger partial charge in [-0.3, -0.25) is 9.10 Å². The van der Waals surface area contributed by atoms with E-state index in [4.69, 9.17) is 4.42 Å². The average molecular weight is 471 g/mol. The number of para-hydroxylation sites is 2. The van der Waals surface area contributed by atoms with Crippen LogP contribution < -0.4 is 9.62 Å². The van der Waals surface area contributed by atoms with Gasteiger partial charge in [-0.25, -0.2) is 8.42 Å². The lowest BCUT2D eigenvalue weighted by atomic mass is 10.1. The second kappa shape index (κ2) is 8.68. The number of benzene rings is 4. The summed E-state index contributed by atoms with van der Waals surface area (Å²) in [5.74, 6) is -0.460. The fourth-order valence-corrected chi connectivity index (χ4v) is 5.50. The minimum Gasteiger partial charge on any atom is -0.456 e. The van der Waals surface area contributed by atoms with E-state index in [-0.39, 0.29) is 11.4 Å². The van der Waals surface area contributed by atoms with Gasteiger partial charge in [0.2, 0.25) is 5.91 Å². The van der Waals surface area contributed by atoms with E-state index in [1.807, 2.05) is 49.4 Å². The highest BCUT2D eigenvalue weighted by molar-refractivity contribution is 7.92. The molecule has 1 N–H and O–H groups in total. The molecule has 0 saturated carbocycles. The molecule has 6 nitrogen and oxygen atoms in total. The van der Waals surface area contributed by atoms with Crippen molar-refractivity contribution in [2.24, 2.45) is 0 Å². The highest BCUT2D eigenvalue weighted by Crippen LogP contribution is 2.31. The lowest BCUT2D eigenvalue weighted by molar-refractivity contribution is -0.114. The molecule has 0 saturated heterocycles. The Morgan fingerprint density at radius 3 is 2.29 bits per heavy atom. The number of hydrogen-bond acceptors (Lipinski definition) is 4. The van der Waals surface area contributed by atoms with Crippen LogP contribution in [0.25, 0.3) is 21.9 Å². The molecule has 1 heterocycles. The number of hydrogen-bond donors (Lipinski definition) is 1. The molecule has 0 fully saturated rings. The molecule has 0 aliphatic rings. The van der Waals surface area contributed by atoms with E-state index in [0.717, 1.165) is 26.2 Å². The first kappa shape index (κ1) is 21.7. The lowest BCUT2D eigenvalue weighted by Gasteiger charge is -2.25. The Balaban J connectivity index is 1.46. The SMILES string of the molecule is Cc1ccccc1N(CC(=O)Nc1ccc2c(c1)oc1ccccc12)S(=O)(=O)c1ccccc1. The van der Waals surface area contributed by atoms with Crippen LogP contribution in [-0.2, 0) is 14.8 Å². The molecule has 0 aliphatic heterocycles. The molecule has 170 valence electrons. The summed E-state index contributed by atoms with van der Waals surface area (Å²) in [7, 11) is -3.96. The number of rotatable bonds is 6. The van der Waals surface area contributed by atoms with E-state index in [2.05, 4.69) is 5.32 Å². The van der Waals surface area contributed by atoms with Crippen molar-refractivity contribution in [3.8, 4) is 0 Å². The number of furan rings is 1. The molecule has 5 aromatic rings. The highest BCUT2D eigenvalue weighted by Gasteiger charge is 2.28. The Labute approximate surface area is 197 Å². The van der Waals surface area contributed by atoms with Crippen molar-refractivity contribution >= 4 is 49.2 Å². The van der Waals surface area contributed by atoms with Crippen LogP contribution in [0.4, 0.5) is 11.4 Å². The van der Waals surface area contributed by atoms with Crippen molar-refractivity contribution in [2.75, 3.05) is 16.2 Å². The molecule has 34 heavy (non-hydrogen) atoms. The smallest absolute Gasteiger partial charge is 0.264 e. The van der Waals surface area contributed by atoms with Gasteiger partial charge in [0.1, 0.15) is 17.7 Å². The summed E-state index contributed by atoms with van der Waals surface area (Å²) in [6.45, 7) is 1.44. The molecule has 0 aliphatic carbocycles. The van der Waals surface area contributed by atoms with E-state index in [0.29, 0.717) is 17.0 Å². The Morgan fingerprint density at radius 1 is 0.824 bits per heavy atom. The van der Waals surface area contributed by atoms with Crippen molar-refractivity contribution in [3.05, 3.63) is 103 Å². The fraction of sp³-hybridized carbons (Fsp3) is 0.0741. The van der Waals surface area contributed by atoms with Gasteiger partial charge < -0.3 is 9.73 Å². The number of nitrogens with one attached hydrogen (secondary N) is 1. The summed E-state index contributed by atoms with van der Waals surface area (Å²) in [6, 6.07) is 28.3. The van der Waals surface area contributed by atoms with Gasteiger partial charge in [0.25, 0.3) is 10.0 Å². The summed E-state index contributed by atoms with van der Waals surface area (Å²) >= 11 is 0. The number of fused-ring (bicyclic) bond motifs is 3. The summed E-state index contributed by atoms with van der Waals surface area (Å²) in [5.41, 5.74) is 3.14. The number of carbonyl (C=O) groups excluding carboxylic acids is 1. The predicted molar refractivity (Wildman–Crippen MR) is 135 cm³/mol. The summed E-state index contributed by atoms with van der Waals surface area (Å²) in [5, 5.41) is 4.76. The van der Waals surface area contributed by atoms with Crippen LogP contribution in [0.3, 0.4) is 0 Å². The van der Waals surface area contributed by atoms with Crippen LogP contribution in [0, 0.1) is 6.92 Å². The number of anilines is 2. The third-order valence-electron chi connectivity index (χ3n) is 5.67.